The van der Waals surface area contributed by atoms with Gasteiger partial charge < -0.3 is 4.57 Å². The summed E-state index contributed by atoms with van der Waals surface area (Å²) in [7, 11) is 0. The van der Waals surface area contributed by atoms with Gasteiger partial charge in [-0.3, -0.25) is 0 Å². The van der Waals surface area contributed by atoms with E-state index in [1.807, 2.05) is 11.3 Å². The van der Waals surface area contributed by atoms with Gasteiger partial charge in [0.05, 0.1) is 16.7 Å². The fraction of sp³-hybridized carbons (Fsp3) is 0.111. The van der Waals surface area contributed by atoms with Crippen molar-refractivity contribution in [1.82, 2.24) is 4.57 Å². The molecule has 144 valence electrons. The van der Waals surface area contributed by atoms with E-state index < -0.39 is 0 Å². The van der Waals surface area contributed by atoms with Crippen LogP contribution in [0.4, 0.5) is 0 Å². The molecular weight excluding hydrogens is 450 g/mol. The summed E-state index contributed by atoms with van der Waals surface area (Å²) >= 11 is 5.66. The van der Waals surface area contributed by atoms with Crippen LogP contribution >= 0.6 is 27.3 Å². The predicted octanol–water partition coefficient (Wildman–Crippen LogP) is 8.55. The molecule has 0 atom stereocenters. The van der Waals surface area contributed by atoms with E-state index in [2.05, 4.69) is 107 Å². The molecule has 0 amide bonds. The molecule has 0 aliphatic carbocycles. The molecule has 0 N–H and O–H groups in total. The summed E-state index contributed by atoms with van der Waals surface area (Å²) in [6.07, 6.45) is 0. The van der Waals surface area contributed by atoms with Gasteiger partial charge in [-0.05, 0) is 34.5 Å². The maximum Gasteiger partial charge on any atom is 0.0689 e. The first-order valence-electron chi connectivity index (χ1n) is 10.2. The third-order valence-corrected chi connectivity index (χ3v) is 8.81. The smallest absolute Gasteiger partial charge is 0.0689 e. The molecule has 1 nitrogen and oxygen atoms in total. The average Bonchev–Trinajstić information content (AvgIpc) is 3.29. The van der Waals surface area contributed by atoms with Crippen LogP contribution in [0.5, 0.6) is 0 Å². The fourth-order valence-corrected chi connectivity index (χ4v) is 7.16. The molecule has 7 rings (SSSR count). The second-order valence-corrected chi connectivity index (χ2v) is 10.7. The van der Waals surface area contributed by atoms with Crippen molar-refractivity contribution in [2.45, 2.75) is 19.3 Å². The lowest BCUT2D eigenvalue weighted by atomic mass is 9.79. The van der Waals surface area contributed by atoms with Gasteiger partial charge in [0.2, 0.25) is 0 Å². The van der Waals surface area contributed by atoms with Crippen molar-refractivity contribution in [3.05, 3.63) is 87.7 Å². The molecule has 0 radical (unpaired) electrons. The number of thiophene rings is 1. The number of hydrogen-bond acceptors (Lipinski definition) is 1. The zero-order valence-electron chi connectivity index (χ0n) is 16.7. The van der Waals surface area contributed by atoms with Gasteiger partial charge in [0.15, 0.2) is 0 Å². The quantitative estimate of drug-likeness (QED) is 0.210. The molecule has 6 aromatic rings. The Morgan fingerprint density at radius 2 is 1.63 bits per heavy atom. The van der Waals surface area contributed by atoms with E-state index in [0.717, 1.165) is 4.47 Å². The van der Waals surface area contributed by atoms with Crippen molar-refractivity contribution >= 4 is 69.9 Å². The molecule has 3 heteroatoms. The number of fused-ring (bicyclic) bond motifs is 9. The van der Waals surface area contributed by atoms with Gasteiger partial charge in [0, 0.05) is 35.6 Å². The largest absolute Gasteiger partial charge is 0.307 e. The summed E-state index contributed by atoms with van der Waals surface area (Å²) in [5.74, 6) is 0. The topological polar surface area (TPSA) is 4.93 Å². The third-order valence-electron chi connectivity index (χ3n) is 6.77. The van der Waals surface area contributed by atoms with Gasteiger partial charge in [-0.1, -0.05) is 84.4 Å². The summed E-state index contributed by atoms with van der Waals surface area (Å²) in [5.41, 5.74) is 5.38. The molecule has 1 aliphatic heterocycles. The van der Waals surface area contributed by atoms with Crippen molar-refractivity contribution < 1.29 is 0 Å². The van der Waals surface area contributed by atoms with Crippen LogP contribution in [0.2, 0.25) is 0 Å². The summed E-state index contributed by atoms with van der Waals surface area (Å²) in [5, 5.41) is 6.67. The van der Waals surface area contributed by atoms with Crippen LogP contribution in [-0.2, 0) is 5.41 Å². The highest BCUT2D eigenvalue weighted by Gasteiger charge is 2.38. The van der Waals surface area contributed by atoms with Crippen molar-refractivity contribution in [2.75, 3.05) is 0 Å². The first kappa shape index (κ1) is 17.1. The maximum atomic E-state index is 3.69. The Hall–Kier alpha value is -2.62. The number of halogens is 1. The fourth-order valence-electron chi connectivity index (χ4n) is 5.36. The van der Waals surface area contributed by atoms with Crippen molar-refractivity contribution in [1.29, 1.82) is 0 Å². The van der Waals surface area contributed by atoms with E-state index in [1.165, 1.54) is 58.8 Å². The SMILES string of the molecule is CC1(C)c2sc3c(ccc4ccccc43)c2-n2c3ccc(Br)cc3c3cccc1c32. The highest BCUT2D eigenvalue weighted by atomic mass is 79.9. The van der Waals surface area contributed by atoms with Crippen molar-refractivity contribution in [3.8, 4) is 5.69 Å². The zero-order valence-corrected chi connectivity index (χ0v) is 19.1. The standard InChI is InChI=1S/C27H18BrNS/c1-27(2)21-9-5-8-18-20-14-16(28)11-13-22(20)29(23(18)21)24-19-12-10-15-6-3-4-7-17(15)25(19)30-26(24)27/h3-14H,1-2H3. The molecule has 0 fully saturated rings. The second kappa shape index (κ2) is 5.54. The zero-order chi connectivity index (χ0) is 20.2. The van der Waals surface area contributed by atoms with Crippen LogP contribution in [0.25, 0.3) is 48.4 Å². The molecule has 2 aromatic heterocycles. The number of para-hydroxylation sites is 1. The predicted molar refractivity (Wildman–Crippen MR) is 133 cm³/mol. The maximum absolute atomic E-state index is 3.69. The number of aromatic nitrogens is 1. The lowest BCUT2D eigenvalue weighted by Gasteiger charge is -2.32. The summed E-state index contributed by atoms with van der Waals surface area (Å²) in [6, 6.07) is 26.9. The third kappa shape index (κ3) is 1.93. The van der Waals surface area contributed by atoms with E-state index in [0.29, 0.717) is 0 Å². The Bertz CT molecular complexity index is 1680. The van der Waals surface area contributed by atoms with Crippen LogP contribution in [0.15, 0.2) is 77.3 Å². The van der Waals surface area contributed by atoms with Gasteiger partial charge in [-0.15, -0.1) is 11.3 Å². The van der Waals surface area contributed by atoms with E-state index in [1.54, 1.807) is 0 Å². The van der Waals surface area contributed by atoms with Gasteiger partial charge >= 0.3 is 0 Å². The van der Waals surface area contributed by atoms with Gasteiger partial charge in [0.25, 0.3) is 0 Å². The molecule has 1 aliphatic rings. The van der Waals surface area contributed by atoms with E-state index in [9.17, 15) is 0 Å². The van der Waals surface area contributed by atoms with Crippen molar-refractivity contribution in [2.24, 2.45) is 0 Å². The Morgan fingerprint density at radius 3 is 2.53 bits per heavy atom. The van der Waals surface area contributed by atoms with Crippen LogP contribution in [0, 0.1) is 0 Å². The minimum Gasteiger partial charge on any atom is -0.307 e. The first-order chi connectivity index (χ1) is 14.6. The highest BCUT2D eigenvalue weighted by molar-refractivity contribution is 9.10. The lowest BCUT2D eigenvalue weighted by molar-refractivity contribution is 0.647. The molecule has 0 bridgehead atoms. The normalized spacial score (nSPS) is 14.8. The van der Waals surface area contributed by atoms with Crippen LogP contribution in [-0.4, -0.2) is 4.57 Å². The van der Waals surface area contributed by atoms with Crippen molar-refractivity contribution in [3.63, 3.8) is 0 Å². The minimum absolute atomic E-state index is 0.0404. The molecule has 0 spiro atoms. The van der Waals surface area contributed by atoms with E-state index in [4.69, 9.17) is 0 Å². The Morgan fingerprint density at radius 1 is 0.800 bits per heavy atom. The molecule has 0 saturated heterocycles. The summed E-state index contributed by atoms with van der Waals surface area (Å²) in [4.78, 5) is 1.45. The lowest BCUT2D eigenvalue weighted by Crippen LogP contribution is -2.24. The van der Waals surface area contributed by atoms with Gasteiger partial charge in [0.1, 0.15) is 0 Å². The van der Waals surface area contributed by atoms with Gasteiger partial charge in [-0.2, -0.15) is 0 Å². The van der Waals surface area contributed by atoms with Gasteiger partial charge in [-0.25, -0.2) is 0 Å². The van der Waals surface area contributed by atoms with Crippen LogP contribution < -0.4 is 0 Å². The van der Waals surface area contributed by atoms with Crippen LogP contribution in [0.3, 0.4) is 0 Å². The molecule has 0 saturated carbocycles. The number of hydrogen-bond donors (Lipinski definition) is 0. The Kier molecular flexibility index (Phi) is 3.16. The van der Waals surface area contributed by atoms with E-state index >= 15 is 0 Å². The molecular formula is C27H18BrNS. The average molecular weight is 468 g/mol. The Labute approximate surface area is 186 Å². The summed E-state index contributed by atoms with van der Waals surface area (Å²) < 4.78 is 5.05. The monoisotopic (exact) mass is 467 g/mol. The first-order valence-corrected chi connectivity index (χ1v) is 11.8. The highest BCUT2D eigenvalue weighted by Crippen LogP contribution is 2.53. The van der Waals surface area contributed by atoms with E-state index in [-0.39, 0.29) is 5.41 Å². The molecule has 0 unspecified atom stereocenters. The molecule has 30 heavy (non-hydrogen) atoms. The number of benzene rings is 4. The number of nitrogens with zero attached hydrogens (tertiary/aromatic N) is 1. The Balaban J connectivity index is 1.78. The number of rotatable bonds is 0. The second-order valence-electron chi connectivity index (χ2n) is 8.77. The minimum atomic E-state index is -0.0404. The van der Waals surface area contributed by atoms with Crippen LogP contribution in [0.1, 0.15) is 24.3 Å². The summed E-state index contributed by atoms with van der Waals surface area (Å²) in [6.45, 7) is 4.77. The molecule has 3 heterocycles. The molecule has 4 aromatic carbocycles.